The van der Waals surface area contributed by atoms with Gasteiger partial charge in [-0.05, 0) is 19.3 Å². The topological polar surface area (TPSA) is 55.0 Å². The zero-order valence-corrected chi connectivity index (χ0v) is 7.62. The van der Waals surface area contributed by atoms with Crippen molar-refractivity contribution in [3.05, 3.63) is 17.5 Å². The van der Waals surface area contributed by atoms with E-state index in [9.17, 15) is 9.18 Å². The Kier molecular flexibility index (Phi) is 2.58. The Morgan fingerprint density at radius 1 is 1.64 bits per heavy atom. The molecule has 76 valence electrons. The Morgan fingerprint density at radius 2 is 2.50 bits per heavy atom. The lowest BCUT2D eigenvalue weighted by atomic mass is 10.0. The van der Waals surface area contributed by atoms with Crippen molar-refractivity contribution in [2.75, 3.05) is 6.61 Å². The molecule has 1 unspecified atom stereocenters. The third kappa shape index (κ3) is 1.68. The van der Waals surface area contributed by atoms with Crippen LogP contribution in [0, 0.1) is 0 Å². The van der Waals surface area contributed by atoms with Crippen molar-refractivity contribution in [2.24, 2.45) is 0 Å². The van der Waals surface area contributed by atoms with Crippen LogP contribution in [0.4, 0.5) is 4.39 Å². The second kappa shape index (κ2) is 3.88. The average Bonchev–Trinajstić information content (AvgIpc) is 2.67. The fourth-order valence-corrected chi connectivity index (χ4v) is 1.67. The number of halogens is 1. The molecule has 1 aromatic rings. The summed E-state index contributed by atoms with van der Waals surface area (Å²) >= 11 is 0. The summed E-state index contributed by atoms with van der Waals surface area (Å²) < 4.78 is 18.0. The molecule has 1 saturated heterocycles. The number of carbonyl (C=O) groups is 1. The van der Waals surface area contributed by atoms with E-state index < -0.39 is 6.04 Å². The largest absolute Gasteiger partial charge is 0.372 e. The van der Waals surface area contributed by atoms with Crippen molar-refractivity contribution in [3.8, 4) is 0 Å². The van der Waals surface area contributed by atoms with Crippen LogP contribution in [0.15, 0.2) is 6.20 Å². The van der Waals surface area contributed by atoms with Gasteiger partial charge >= 0.3 is 6.04 Å². The molecular weight excluding hydrogens is 187 g/mol. The molecule has 0 aliphatic carbocycles. The highest BCUT2D eigenvalue weighted by Gasteiger charge is 2.23. The van der Waals surface area contributed by atoms with Gasteiger partial charge in [-0.3, -0.25) is 9.89 Å². The van der Waals surface area contributed by atoms with E-state index in [0.29, 0.717) is 12.3 Å². The molecule has 1 N–H and O–H groups in total. The number of carbonyl (C=O) groups excluding carboxylic acids is 1. The first kappa shape index (κ1) is 9.33. The van der Waals surface area contributed by atoms with Crippen LogP contribution in [0.5, 0.6) is 0 Å². The van der Waals surface area contributed by atoms with Crippen LogP contribution in [-0.4, -0.2) is 22.8 Å². The Morgan fingerprint density at radius 3 is 3.14 bits per heavy atom. The lowest BCUT2D eigenvalue weighted by molar-refractivity contribution is 0.0115. The first-order chi connectivity index (χ1) is 6.79. The number of ether oxygens (including phenoxy) is 1. The van der Waals surface area contributed by atoms with Crippen molar-refractivity contribution in [1.82, 2.24) is 10.2 Å². The molecular formula is C9H11FN2O2. The van der Waals surface area contributed by atoms with Crippen LogP contribution in [0.1, 0.15) is 41.4 Å². The first-order valence-corrected chi connectivity index (χ1v) is 4.63. The number of hydrogen-bond acceptors (Lipinski definition) is 3. The van der Waals surface area contributed by atoms with Gasteiger partial charge in [0, 0.05) is 6.61 Å². The van der Waals surface area contributed by atoms with E-state index >= 15 is 0 Å². The molecule has 1 atom stereocenters. The number of aromatic amines is 1. The summed E-state index contributed by atoms with van der Waals surface area (Å²) in [7, 11) is 0. The minimum Gasteiger partial charge on any atom is -0.372 e. The lowest BCUT2D eigenvalue weighted by Crippen LogP contribution is -2.14. The number of hydrogen-bond donors (Lipinski definition) is 1. The molecule has 1 aliphatic rings. The summed E-state index contributed by atoms with van der Waals surface area (Å²) in [5, 5.41) is 6.27. The Labute approximate surface area is 80.5 Å². The van der Waals surface area contributed by atoms with Gasteiger partial charge in [0.2, 0.25) is 0 Å². The van der Waals surface area contributed by atoms with Crippen LogP contribution < -0.4 is 0 Å². The molecule has 0 spiro atoms. The summed E-state index contributed by atoms with van der Waals surface area (Å²) in [6.45, 7) is 0.656. The summed E-state index contributed by atoms with van der Waals surface area (Å²) in [6, 6.07) is -1.46. The molecule has 0 amide bonds. The number of nitrogens with one attached hydrogen (secondary N) is 1. The predicted octanol–water partition coefficient (Wildman–Crippen LogP) is 1.76. The van der Waals surface area contributed by atoms with Gasteiger partial charge in [-0.1, -0.05) is 0 Å². The van der Waals surface area contributed by atoms with Crippen LogP contribution >= 0.6 is 0 Å². The SMILES string of the molecule is O=C(F)c1cn[nH]c1C1CCCCO1. The van der Waals surface area contributed by atoms with Gasteiger partial charge in [-0.2, -0.15) is 9.49 Å². The summed E-state index contributed by atoms with van der Waals surface area (Å²) in [5.41, 5.74) is 0.467. The highest BCUT2D eigenvalue weighted by atomic mass is 19.1. The van der Waals surface area contributed by atoms with Crippen molar-refractivity contribution >= 4 is 6.04 Å². The van der Waals surface area contributed by atoms with Gasteiger partial charge in [0.05, 0.1) is 23.6 Å². The number of rotatable bonds is 2. The van der Waals surface area contributed by atoms with Gasteiger partial charge in [0.15, 0.2) is 0 Å². The third-order valence-electron chi connectivity index (χ3n) is 2.38. The molecule has 1 aliphatic heterocycles. The van der Waals surface area contributed by atoms with Gasteiger partial charge in [0.1, 0.15) is 0 Å². The Hall–Kier alpha value is -1.23. The molecule has 2 heterocycles. The summed E-state index contributed by atoms with van der Waals surface area (Å²) in [4.78, 5) is 10.6. The van der Waals surface area contributed by atoms with E-state index in [1.165, 1.54) is 6.20 Å². The van der Waals surface area contributed by atoms with Gasteiger partial charge in [-0.15, -0.1) is 0 Å². The molecule has 4 nitrogen and oxygen atoms in total. The zero-order valence-electron chi connectivity index (χ0n) is 7.62. The van der Waals surface area contributed by atoms with Gasteiger partial charge in [0.25, 0.3) is 0 Å². The maximum Gasteiger partial charge on any atom is 0.335 e. The van der Waals surface area contributed by atoms with E-state index in [-0.39, 0.29) is 11.7 Å². The smallest absolute Gasteiger partial charge is 0.335 e. The molecule has 0 aromatic carbocycles. The highest BCUT2D eigenvalue weighted by molar-refractivity contribution is 5.89. The standard InChI is InChI=1S/C9H11FN2O2/c10-9(13)6-5-11-12-8(6)7-3-1-2-4-14-7/h5,7H,1-4H2,(H,11,12). The molecule has 14 heavy (non-hydrogen) atoms. The van der Waals surface area contributed by atoms with Crippen LogP contribution in [0.2, 0.25) is 0 Å². The second-order valence-corrected chi connectivity index (χ2v) is 3.33. The van der Waals surface area contributed by atoms with E-state index in [1.54, 1.807) is 0 Å². The molecule has 2 rings (SSSR count). The van der Waals surface area contributed by atoms with E-state index in [2.05, 4.69) is 10.2 Å². The molecule has 5 heteroatoms. The molecule has 1 aromatic heterocycles. The van der Waals surface area contributed by atoms with Crippen LogP contribution in [0.3, 0.4) is 0 Å². The fourth-order valence-electron chi connectivity index (χ4n) is 1.67. The predicted molar refractivity (Wildman–Crippen MR) is 46.6 cm³/mol. The third-order valence-corrected chi connectivity index (χ3v) is 2.38. The summed E-state index contributed by atoms with van der Waals surface area (Å²) in [6.07, 6.45) is 3.85. The number of aromatic nitrogens is 2. The number of nitrogens with zero attached hydrogens (tertiary/aromatic N) is 1. The zero-order chi connectivity index (χ0) is 9.97. The van der Waals surface area contributed by atoms with Crippen molar-refractivity contribution in [2.45, 2.75) is 25.4 Å². The molecule has 0 radical (unpaired) electrons. The average molecular weight is 198 g/mol. The molecule has 1 fully saturated rings. The van der Waals surface area contributed by atoms with Crippen LogP contribution in [-0.2, 0) is 4.74 Å². The fraction of sp³-hybridized carbons (Fsp3) is 0.556. The maximum absolute atomic E-state index is 12.5. The Bertz CT molecular complexity index is 331. The highest BCUT2D eigenvalue weighted by Crippen LogP contribution is 2.28. The van der Waals surface area contributed by atoms with Gasteiger partial charge < -0.3 is 4.74 Å². The van der Waals surface area contributed by atoms with E-state index in [0.717, 1.165) is 19.3 Å². The molecule has 0 bridgehead atoms. The van der Waals surface area contributed by atoms with Gasteiger partial charge in [-0.25, -0.2) is 0 Å². The quantitative estimate of drug-likeness (QED) is 0.736. The van der Waals surface area contributed by atoms with Crippen LogP contribution in [0.25, 0.3) is 0 Å². The van der Waals surface area contributed by atoms with E-state index in [1.807, 2.05) is 0 Å². The first-order valence-electron chi connectivity index (χ1n) is 4.63. The van der Waals surface area contributed by atoms with Crippen molar-refractivity contribution in [3.63, 3.8) is 0 Å². The maximum atomic E-state index is 12.5. The van der Waals surface area contributed by atoms with Crippen molar-refractivity contribution in [1.29, 1.82) is 0 Å². The number of H-pyrrole nitrogens is 1. The lowest BCUT2D eigenvalue weighted by Gasteiger charge is -2.21. The Balaban J connectivity index is 2.21. The second-order valence-electron chi connectivity index (χ2n) is 3.33. The summed E-state index contributed by atoms with van der Waals surface area (Å²) in [5.74, 6) is 0. The normalized spacial score (nSPS) is 22.2. The molecule has 0 saturated carbocycles. The minimum atomic E-state index is -1.46. The van der Waals surface area contributed by atoms with E-state index in [4.69, 9.17) is 4.74 Å². The van der Waals surface area contributed by atoms with Crippen molar-refractivity contribution < 1.29 is 13.9 Å². The minimum absolute atomic E-state index is 0.00287. The monoisotopic (exact) mass is 198 g/mol.